The van der Waals surface area contributed by atoms with E-state index in [1.807, 2.05) is 7.05 Å². The average molecular weight is 260 g/mol. The zero-order chi connectivity index (χ0) is 12.0. The van der Waals surface area contributed by atoms with Crippen LogP contribution >= 0.6 is 0 Å². The molecule has 0 saturated carbocycles. The van der Waals surface area contributed by atoms with Gasteiger partial charge in [-0.1, -0.05) is 27.2 Å². The lowest BCUT2D eigenvalue weighted by Gasteiger charge is -2.17. The lowest BCUT2D eigenvalue weighted by molar-refractivity contribution is -0.699. The van der Waals surface area contributed by atoms with Crippen molar-refractivity contribution < 1.29 is 17.0 Å². The summed E-state index contributed by atoms with van der Waals surface area (Å²) in [6, 6.07) is 0.548. The molecule has 100 valence electrons. The molecule has 0 aliphatic heterocycles. The van der Waals surface area contributed by atoms with E-state index in [4.69, 9.17) is 0 Å². The van der Waals surface area contributed by atoms with E-state index < -0.39 is 0 Å². The average Bonchev–Trinajstić information content (AvgIpc) is 2.70. The van der Waals surface area contributed by atoms with Gasteiger partial charge in [-0.3, -0.25) is 0 Å². The van der Waals surface area contributed by atoms with E-state index in [1.165, 1.54) is 12.8 Å². The van der Waals surface area contributed by atoms with Crippen molar-refractivity contribution in [3.8, 4) is 0 Å². The number of imidazole rings is 1. The molecule has 0 unspecified atom stereocenters. The SMILES string of the molecule is CCCCn1cc[n+](C[C@@H](NC)C(C)C)c1.[Cl-]. The van der Waals surface area contributed by atoms with E-state index in [9.17, 15) is 0 Å². The first-order valence-electron chi connectivity index (χ1n) is 6.39. The Hall–Kier alpha value is -0.540. The van der Waals surface area contributed by atoms with E-state index in [0.717, 1.165) is 13.1 Å². The standard InChI is InChI=1S/C13H26N3.ClH/c1-5-6-7-15-8-9-16(11-15)10-13(14-4)12(2)3;/h8-9,11-14H,5-7,10H2,1-4H3;1H/q+1;/p-1/t13-;/m1./s1. The molecule has 0 saturated heterocycles. The Kier molecular flexibility index (Phi) is 8.26. The van der Waals surface area contributed by atoms with Crippen LogP contribution in [-0.2, 0) is 13.1 Å². The molecular weight excluding hydrogens is 234 g/mol. The summed E-state index contributed by atoms with van der Waals surface area (Å²) in [7, 11) is 2.04. The van der Waals surface area contributed by atoms with Gasteiger partial charge in [0.05, 0.1) is 6.54 Å². The second-order valence-electron chi connectivity index (χ2n) is 4.84. The van der Waals surface area contributed by atoms with Crippen LogP contribution in [0.5, 0.6) is 0 Å². The van der Waals surface area contributed by atoms with Gasteiger partial charge in [-0.15, -0.1) is 0 Å². The normalized spacial score (nSPS) is 12.5. The summed E-state index contributed by atoms with van der Waals surface area (Å²) in [5, 5.41) is 3.37. The first-order chi connectivity index (χ1) is 7.67. The van der Waals surface area contributed by atoms with E-state index in [2.05, 4.69) is 53.9 Å². The summed E-state index contributed by atoms with van der Waals surface area (Å²) in [6.45, 7) is 8.93. The highest BCUT2D eigenvalue weighted by Crippen LogP contribution is 2.01. The second kappa shape index (κ2) is 8.54. The predicted molar refractivity (Wildman–Crippen MR) is 67.2 cm³/mol. The van der Waals surface area contributed by atoms with E-state index in [-0.39, 0.29) is 12.4 Å². The van der Waals surface area contributed by atoms with E-state index >= 15 is 0 Å². The fourth-order valence-electron chi connectivity index (χ4n) is 1.88. The van der Waals surface area contributed by atoms with Crippen molar-refractivity contribution in [1.82, 2.24) is 9.88 Å². The molecule has 1 atom stereocenters. The number of nitrogens with one attached hydrogen (secondary N) is 1. The zero-order valence-corrected chi connectivity index (χ0v) is 12.2. The van der Waals surface area contributed by atoms with Gasteiger partial charge in [0.2, 0.25) is 6.33 Å². The summed E-state index contributed by atoms with van der Waals surface area (Å²) >= 11 is 0. The quantitative estimate of drug-likeness (QED) is 0.612. The van der Waals surface area contributed by atoms with Crippen molar-refractivity contribution in [2.75, 3.05) is 7.05 Å². The van der Waals surface area contributed by atoms with Crippen LogP contribution in [-0.4, -0.2) is 17.7 Å². The maximum atomic E-state index is 3.37. The molecule has 0 spiro atoms. The molecule has 1 aromatic heterocycles. The fourth-order valence-corrected chi connectivity index (χ4v) is 1.88. The summed E-state index contributed by atoms with van der Waals surface area (Å²) in [5.74, 6) is 0.663. The van der Waals surface area contributed by atoms with Gasteiger partial charge in [-0.05, 0) is 19.4 Å². The van der Waals surface area contributed by atoms with Crippen LogP contribution in [0.4, 0.5) is 0 Å². The van der Waals surface area contributed by atoms with Gasteiger partial charge in [0.15, 0.2) is 0 Å². The second-order valence-corrected chi connectivity index (χ2v) is 4.84. The summed E-state index contributed by atoms with van der Waals surface area (Å²) in [4.78, 5) is 0. The van der Waals surface area contributed by atoms with Crippen molar-refractivity contribution in [1.29, 1.82) is 0 Å². The Morgan fingerprint density at radius 2 is 2.06 bits per heavy atom. The lowest BCUT2D eigenvalue weighted by Crippen LogP contribution is -3.00. The molecule has 4 heteroatoms. The molecule has 0 bridgehead atoms. The highest BCUT2D eigenvalue weighted by Gasteiger charge is 2.14. The molecule has 3 nitrogen and oxygen atoms in total. The number of halogens is 1. The first-order valence-corrected chi connectivity index (χ1v) is 6.39. The van der Waals surface area contributed by atoms with Gasteiger partial charge >= 0.3 is 0 Å². The van der Waals surface area contributed by atoms with Crippen LogP contribution in [0.1, 0.15) is 33.6 Å². The Balaban J connectivity index is 0.00000256. The number of aryl methyl sites for hydroxylation is 1. The van der Waals surface area contributed by atoms with Crippen LogP contribution in [0.15, 0.2) is 18.7 Å². The van der Waals surface area contributed by atoms with Gasteiger partial charge in [0.1, 0.15) is 18.9 Å². The molecule has 0 amide bonds. The van der Waals surface area contributed by atoms with Crippen LogP contribution in [0.3, 0.4) is 0 Å². The highest BCUT2D eigenvalue weighted by atomic mass is 35.5. The minimum Gasteiger partial charge on any atom is -1.00 e. The van der Waals surface area contributed by atoms with E-state index in [0.29, 0.717) is 12.0 Å². The monoisotopic (exact) mass is 259 g/mol. The van der Waals surface area contributed by atoms with Gasteiger partial charge in [-0.2, -0.15) is 0 Å². The van der Waals surface area contributed by atoms with Gasteiger partial charge in [0, 0.05) is 6.04 Å². The number of hydrogen-bond donors (Lipinski definition) is 1. The summed E-state index contributed by atoms with van der Waals surface area (Å²) in [6.07, 6.45) is 9.06. The van der Waals surface area contributed by atoms with E-state index in [1.54, 1.807) is 0 Å². The molecule has 0 aliphatic rings. The number of aromatic nitrogens is 2. The van der Waals surface area contributed by atoms with Gasteiger partial charge in [0.25, 0.3) is 0 Å². The van der Waals surface area contributed by atoms with Crippen LogP contribution in [0.25, 0.3) is 0 Å². The molecular formula is C13H26ClN3. The van der Waals surface area contributed by atoms with Crippen molar-refractivity contribution >= 4 is 0 Å². The predicted octanol–water partition coefficient (Wildman–Crippen LogP) is -1.18. The first kappa shape index (κ1) is 16.5. The highest BCUT2D eigenvalue weighted by molar-refractivity contribution is 4.68. The van der Waals surface area contributed by atoms with Gasteiger partial charge < -0.3 is 17.7 Å². The molecule has 17 heavy (non-hydrogen) atoms. The number of hydrogen-bond acceptors (Lipinski definition) is 1. The maximum Gasteiger partial charge on any atom is 0.243 e. The molecule has 1 N–H and O–H groups in total. The number of unbranched alkanes of at least 4 members (excludes halogenated alkanes) is 1. The maximum absolute atomic E-state index is 3.37. The topological polar surface area (TPSA) is 20.8 Å². The fraction of sp³-hybridized carbons (Fsp3) is 0.769. The Morgan fingerprint density at radius 3 is 2.59 bits per heavy atom. The molecule has 1 rings (SSSR count). The Morgan fingerprint density at radius 1 is 1.35 bits per heavy atom. The molecule has 0 fully saturated rings. The molecule has 1 heterocycles. The largest absolute Gasteiger partial charge is 1.00 e. The minimum absolute atomic E-state index is 0. The molecule has 0 aromatic carbocycles. The van der Waals surface area contributed by atoms with Crippen LogP contribution < -0.4 is 22.3 Å². The zero-order valence-electron chi connectivity index (χ0n) is 11.5. The lowest BCUT2D eigenvalue weighted by atomic mass is 10.1. The third kappa shape index (κ3) is 5.55. The summed E-state index contributed by atoms with van der Waals surface area (Å²) < 4.78 is 4.55. The number of nitrogens with zero attached hydrogens (tertiary/aromatic N) is 2. The third-order valence-corrected chi connectivity index (χ3v) is 3.10. The number of likely N-dealkylation sites (N-methyl/N-ethyl adjacent to an activating group) is 1. The van der Waals surface area contributed by atoms with Crippen LogP contribution in [0.2, 0.25) is 0 Å². The van der Waals surface area contributed by atoms with Crippen LogP contribution in [0, 0.1) is 5.92 Å². The molecule has 0 radical (unpaired) electrons. The van der Waals surface area contributed by atoms with Gasteiger partial charge in [-0.25, -0.2) is 9.13 Å². The third-order valence-electron chi connectivity index (χ3n) is 3.10. The van der Waals surface area contributed by atoms with Crippen molar-refractivity contribution in [3.05, 3.63) is 18.7 Å². The number of rotatable bonds is 7. The Bertz CT molecular complexity index is 297. The summed E-state index contributed by atoms with van der Waals surface area (Å²) in [5.41, 5.74) is 0. The molecule has 1 aromatic rings. The van der Waals surface area contributed by atoms with Crippen molar-refractivity contribution in [2.24, 2.45) is 5.92 Å². The molecule has 0 aliphatic carbocycles. The minimum atomic E-state index is 0. The van der Waals surface area contributed by atoms with Crippen molar-refractivity contribution in [2.45, 2.75) is 52.7 Å². The van der Waals surface area contributed by atoms with Crippen molar-refractivity contribution in [3.63, 3.8) is 0 Å². The smallest absolute Gasteiger partial charge is 0.243 e. The Labute approximate surface area is 112 Å².